The van der Waals surface area contributed by atoms with E-state index in [0.29, 0.717) is 25.5 Å². The molecule has 1 saturated heterocycles. The third-order valence-corrected chi connectivity index (χ3v) is 3.94. The first-order valence-electron chi connectivity index (χ1n) is 7.70. The summed E-state index contributed by atoms with van der Waals surface area (Å²) in [5.74, 6) is 1.60. The number of carbonyl (C=O) groups excluding carboxylic acids is 1. The summed E-state index contributed by atoms with van der Waals surface area (Å²) in [5, 5.41) is 3.30. The lowest BCUT2D eigenvalue weighted by Gasteiger charge is -2.19. The fourth-order valence-electron chi connectivity index (χ4n) is 2.73. The first-order chi connectivity index (χ1) is 10.0. The number of hydrogen-bond acceptors (Lipinski definition) is 3. The van der Waals surface area contributed by atoms with E-state index in [-0.39, 0.29) is 5.91 Å². The minimum absolute atomic E-state index is 0.215. The molecule has 1 aliphatic rings. The van der Waals surface area contributed by atoms with Crippen LogP contribution in [0.2, 0.25) is 0 Å². The van der Waals surface area contributed by atoms with Gasteiger partial charge in [-0.25, -0.2) is 0 Å². The zero-order chi connectivity index (χ0) is 15.2. The number of nitrogens with zero attached hydrogens (tertiary/aromatic N) is 1. The maximum absolute atomic E-state index is 12.1. The predicted octanol–water partition coefficient (Wildman–Crippen LogP) is 2.14. The molecule has 1 aromatic carbocycles. The smallest absolute Gasteiger partial charge is 0.222 e. The second-order valence-corrected chi connectivity index (χ2v) is 6.05. The Bertz CT molecular complexity index is 461. The monoisotopic (exact) mass is 290 g/mol. The van der Waals surface area contributed by atoms with Crippen molar-refractivity contribution in [3.8, 4) is 5.75 Å². The Morgan fingerprint density at radius 3 is 2.67 bits per heavy atom. The molecule has 21 heavy (non-hydrogen) atoms. The average Bonchev–Trinajstić information content (AvgIpc) is 2.90. The van der Waals surface area contributed by atoms with Crippen LogP contribution in [0.25, 0.3) is 0 Å². The molecule has 1 aliphatic heterocycles. The summed E-state index contributed by atoms with van der Waals surface area (Å²) in [6.45, 7) is 7.30. The van der Waals surface area contributed by atoms with Gasteiger partial charge in [0.05, 0.1) is 6.54 Å². The van der Waals surface area contributed by atoms with Gasteiger partial charge in [-0.05, 0) is 62.5 Å². The molecule has 0 spiro atoms. The molecule has 0 radical (unpaired) electrons. The van der Waals surface area contributed by atoms with E-state index in [1.807, 2.05) is 19.2 Å². The number of nitrogens with one attached hydrogen (secondary N) is 1. The van der Waals surface area contributed by atoms with Gasteiger partial charge in [-0.2, -0.15) is 0 Å². The van der Waals surface area contributed by atoms with Gasteiger partial charge < -0.3 is 15.0 Å². The topological polar surface area (TPSA) is 41.6 Å². The van der Waals surface area contributed by atoms with E-state index in [9.17, 15) is 4.79 Å². The molecule has 1 amide bonds. The van der Waals surface area contributed by atoms with E-state index < -0.39 is 0 Å². The number of benzene rings is 1. The number of amides is 1. The molecule has 4 heteroatoms. The molecule has 1 unspecified atom stereocenters. The van der Waals surface area contributed by atoms with Gasteiger partial charge in [-0.15, -0.1) is 0 Å². The van der Waals surface area contributed by atoms with Gasteiger partial charge in [-0.1, -0.05) is 6.07 Å². The van der Waals surface area contributed by atoms with E-state index in [1.165, 1.54) is 11.1 Å². The standard InChI is InChI=1S/C17H26N2O2/c1-13-8-14(2)10-16(9-13)21-7-6-19(3)17(20)11-15-4-5-18-12-15/h8-10,15,18H,4-7,11-12H2,1-3H3. The highest BCUT2D eigenvalue weighted by Gasteiger charge is 2.20. The lowest BCUT2D eigenvalue weighted by Crippen LogP contribution is -2.32. The van der Waals surface area contributed by atoms with Crippen LogP contribution in [0.3, 0.4) is 0 Å². The summed E-state index contributed by atoms with van der Waals surface area (Å²) in [6, 6.07) is 6.18. The number of likely N-dealkylation sites (N-methyl/N-ethyl adjacent to an activating group) is 1. The SMILES string of the molecule is Cc1cc(C)cc(OCCN(C)C(=O)CC2CCNC2)c1. The van der Waals surface area contributed by atoms with E-state index in [0.717, 1.165) is 25.3 Å². The molecule has 116 valence electrons. The summed E-state index contributed by atoms with van der Waals surface area (Å²) in [6.07, 6.45) is 1.76. The van der Waals surface area contributed by atoms with Crippen LogP contribution < -0.4 is 10.1 Å². The Kier molecular flexibility index (Phi) is 5.62. The summed E-state index contributed by atoms with van der Waals surface area (Å²) >= 11 is 0. The van der Waals surface area contributed by atoms with Crippen molar-refractivity contribution >= 4 is 5.91 Å². The van der Waals surface area contributed by atoms with Gasteiger partial charge in [-0.3, -0.25) is 4.79 Å². The maximum atomic E-state index is 12.1. The number of rotatable bonds is 6. The third kappa shape index (κ3) is 5.05. The highest BCUT2D eigenvalue weighted by molar-refractivity contribution is 5.76. The Labute approximate surface area is 127 Å². The minimum Gasteiger partial charge on any atom is -0.492 e. The molecule has 2 rings (SSSR count). The van der Waals surface area contributed by atoms with Gasteiger partial charge >= 0.3 is 0 Å². The number of hydrogen-bond donors (Lipinski definition) is 1. The molecule has 1 fully saturated rings. The van der Waals surface area contributed by atoms with Crippen LogP contribution in [0.15, 0.2) is 18.2 Å². The first kappa shape index (κ1) is 15.8. The molecular formula is C17H26N2O2. The van der Waals surface area contributed by atoms with Crippen molar-refractivity contribution < 1.29 is 9.53 Å². The summed E-state index contributed by atoms with van der Waals surface area (Å²) in [7, 11) is 1.86. The van der Waals surface area contributed by atoms with Crippen LogP contribution in [0, 0.1) is 19.8 Å². The molecular weight excluding hydrogens is 264 g/mol. The van der Waals surface area contributed by atoms with E-state index in [2.05, 4.69) is 25.2 Å². The second-order valence-electron chi connectivity index (χ2n) is 6.05. The molecule has 0 bridgehead atoms. The molecule has 4 nitrogen and oxygen atoms in total. The first-order valence-corrected chi connectivity index (χ1v) is 7.70. The molecule has 1 atom stereocenters. The fourth-order valence-corrected chi connectivity index (χ4v) is 2.73. The highest BCUT2D eigenvalue weighted by Crippen LogP contribution is 2.16. The fraction of sp³-hybridized carbons (Fsp3) is 0.588. The van der Waals surface area contributed by atoms with Gasteiger partial charge in [0.1, 0.15) is 12.4 Å². The Morgan fingerprint density at radius 1 is 1.33 bits per heavy atom. The summed E-state index contributed by atoms with van der Waals surface area (Å²) < 4.78 is 5.75. The molecule has 0 saturated carbocycles. The molecule has 1 aromatic rings. The Hall–Kier alpha value is -1.55. The largest absolute Gasteiger partial charge is 0.492 e. The lowest BCUT2D eigenvalue weighted by atomic mass is 10.0. The molecule has 1 heterocycles. The van der Waals surface area contributed by atoms with Crippen LogP contribution in [0.4, 0.5) is 0 Å². The van der Waals surface area contributed by atoms with Crippen molar-refractivity contribution in [2.45, 2.75) is 26.7 Å². The van der Waals surface area contributed by atoms with E-state index in [1.54, 1.807) is 4.90 Å². The predicted molar refractivity (Wildman–Crippen MR) is 84.6 cm³/mol. The molecule has 1 N–H and O–H groups in total. The third-order valence-electron chi connectivity index (χ3n) is 3.94. The van der Waals surface area contributed by atoms with Crippen LogP contribution in [-0.4, -0.2) is 44.1 Å². The van der Waals surface area contributed by atoms with Crippen molar-refractivity contribution in [1.82, 2.24) is 10.2 Å². The van der Waals surface area contributed by atoms with Crippen molar-refractivity contribution in [2.75, 3.05) is 33.3 Å². The molecule has 0 aromatic heterocycles. The van der Waals surface area contributed by atoms with Crippen molar-refractivity contribution in [3.05, 3.63) is 29.3 Å². The maximum Gasteiger partial charge on any atom is 0.222 e. The highest BCUT2D eigenvalue weighted by atomic mass is 16.5. The number of carbonyl (C=O) groups is 1. The van der Waals surface area contributed by atoms with Crippen LogP contribution in [0.5, 0.6) is 5.75 Å². The van der Waals surface area contributed by atoms with Crippen LogP contribution >= 0.6 is 0 Å². The Balaban J connectivity index is 1.72. The summed E-state index contributed by atoms with van der Waals surface area (Å²) in [4.78, 5) is 13.9. The van der Waals surface area contributed by atoms with Gasteiger partial charge in [0.15, 0.2) is 0 Å². The van der Waals surface area contributed by atoms with Crippen molar-refractivity contribution in [1.29, 1.82) is 0 Å². The quantitative estimate of drug-likeness (QED) is 0.873. The van der Waals surface area contributed by atoms with E-state index >= 15 is 0 Å². The van der Waals surface area contributed by atoms with Crippen molar-refractivity contribution in [3.63, 3.8) is 0 Å². The Morgan fingerprint density at radius 2 is 2.05 bits per heavy atom. The average molecular weight is 290 g/mol. The van der Waals surface area contributed by atoms with Gasteiger partial charge in [0.2, 0.25) is 5.91 Å². The van der Waals surface area contributed by atoms with E-state index in [4.69, 9.17) is 4.74 Å². The van der Waals surface area contributed by atoms with Gasteiger partial charge in [0.25, 0.3) is 0 Å². The minimum atomic E-state index is 0.215. The molecule has 0 aliphatic carbocycles. The number of ether oxygens (including phenoxy) is 1. The summed E-state index contributed by atoms with van der Waals surface area (Å²) in [5.41, 5.74) is 2.39. The normalized spacial score (nSPS) is 17.8. The second kappa shape index (κ2) is 7.46. The lowest BCUT2D eigenvalue weighted by molar-refractivity contribution is -0.131. The zero-order valence-corrected chi connectivity index (χ0v) is 13.3. The number of aryl methyl sites for hydroxylation is 2. The zero-order valence-electron chi connectivity index (χ0n) is 13.3. The van der Waals surface area contributed by atoms with Crippen LogP contribution in [0.1, 0.15) is 24.0 Å². The van der Waals surface area contributed by atoms with Crippen LogP contribution in [-0.2, 0) is 4.79 Å². The van der Waals surface area contributed by atoms with Gasteiger partial charge in [0, 0.05) is 13.5 Å². The van der Waals surface area contributed by atoms with Crippen molar-refractivity contribution in [2.24, 2.45) is 5.92 Å².